The standard InChI is InChI=1S/C18H19NO4/c20-18(14-6-2-1-3-7-14)19-10-4-5-11-21-15-8-9-16-17(12-15)23-13-22-16/h1-2,8-9,12,14H,3,6-7,10-11,13H2,(H,19,20)/t14-/m1/s1. The zero-order chi connectivity index (χ0) is 15.9. The Morgan fingerprint density at radius 3 is 3.04 bits per heavy atom. The van der Waals surface area contributed by atoms with Crippen molar-refractivity contribution in [3.8, 4) is 29.1 Å². The van der Waals surface area contributed by atoms with Gasteiger partial charge in [-0.05, 0) is 31.4 Å². The maximum atomic E-state index is 11.9. The summed E-state index contributed by atoms with van der Waals surface area (Å²) in [6.07, 6.45) is 6.91. The number of amides is 1. The van der Waals surface area contributed by atoms with E-state index in [9.17, 15) is 4.79 Å². The summed E-state index contributed by atoms with van der Waals surface area (Å²) in [5.74, 6) is 8.05. The number of carbonyl (C=O) groups is 1. The average molecular weight is 313 g/mol. The van der Waals surface area contributed by atoms with E-state index < -0.39 is 0 Å². The first-order valence-corrected chi connectivity index (χ1v) is 7.74. The molecule has 5 heteroatoms. The van der Waals surface area contributed by atoms with E-state index in [0.29, 0.717) is 18.0 Å². The Morgan fingerprint density at radius 2 is 2.17 bits per heavy atom. The van der Waals surface area contributed by atoms with Crippen LogP contribution in [0.3, 0.4) is 0 Å². The number of fused-ring (bicyclic) bond motifs is 1. The van der Waals surface area contributed by atoms with E-state index in [2.05, 4.69) is 29.3 Å². The molecule has 0 unspecified atom stereocenters. The van der Waals surface area contributed by atoms with Gasteiger partial charge in [-0.2, -0.15) is 0 Å². The molecule has 1 N–H and O–H groups in total. The molecule has 1 aromatic rings. The van der Waals surface area contributed by atoms with Gasteiger partial charge in [0.05, 0.1) is 6.54 Å². The second-order valence-corrected chi connectivity index (χ2v) is 5.36. The number of nitrogens with one attached hydrogen (secondary N) is 1. The minimum Gasteiger partial charge on any atom is -0.481 e. The minimum atomic E-state index is 0.0836. The average Bonchev–Trinajstić information content (AvgIpc) is 3.06. The molecule has 5 nitrogen and oxygen atoms in total. The largest absolute Gasteiger partial charge is 0.481 e. The molecule has 1 amide bonds. The Labute approximate surface area is 135 Å². The Bertz CT molecular complexity index is 657. The molecule has 1 aliphatic heterocycles. The van der Waals surface area contributed by atoms with E-state index in [1.165, 1.54) is 0 Å². The van der Waals surface area contributed by atoms with E-state index in [1.807, 2.05) is 12.1 Å². The first-order valence-electron chi connectivity index (χ1n) is 7.74. The van der Waals surface area contributed by atoms with Crippen LogP contribution in [0, 0.1) is 17.8 Å². The maximum absolute atomic E-state index is 11.9. The topological polar surface area (TPSA) is 56.8 Å². The zero-order valence-electron chi connectivity index (χ0n) is 12.8. The highest BCUT2D eigenvalue weighted by Crippen LogP contribution is 2.34. The van der Waals surface area contributed by atoms with E-state index in [-0.39, 0.29) is 25.2 Å². The van der Waals surface area contributed by atoms with Crippen LogP contribution in [0.15, 0.2) is 30.4 Å². The number of hydrogen-bond donors (Lipinski definition) is 1. The molecule has 1 aliphatic carbocycles. The summed E-state index contributed by atoms with van der Waals surface area (Å²) in [6.45, 7) is 0.861. The van der Waals surface area contributed by atoms with Crippen molar-refractivity contribution >= 4 is 5.91 Å². The Kier molecular flexibility index (Phi) is 5.05. The zero-order valence-corrected chi connectivity index (χ0v) is 12.8. The van der Waals surface area contributed by atoms with Gasteiger partial charge in [-0.25, -0.2) is 0 Å². The second-order valence-electron chi connectivity index (χ2n) is 5.36. The number of carbonyl (C=O) groups excluding carboxylic acids is 1. The van der Waals surface area contributed by atoms with Crippen LogP contribution in [0.4, 0.5) is 0 Å². The van der Waals surface area contributed by atoms with Crippen LogP contribution in [0.5, 0.6) is 17.2 Å². The van der Waals surface area contributed by atoms with Gasteiger partial charge in [0, 0.05) is 12.0 Å². The fourth-order valence-electron chi connectivity index (χ4n) is 2.51. The van der Waals surface area contributed by atoms with E-state index in [4.69, 9.17) is 14.2 Å². The lowest BCUT2D eigenvalue weighted by atomic mass is 9.94. The van der Waals surface area contributed by atoms with Gasteiger partial charge >= 0.3 is 0 Å². The van der Waals surface area contributed by atoms with Crippen LogP contribution < -0.4 is 19.5 Å². The molecule has 1 atom stereocenters. The molecule has 3 rings (SSSR count). The molecule has 1 heterocycles. The van der Waals surface area contributed by atoms with Gasteiger partial charge in [0.1, 0.15) is 12.4 Å². The molecule has 2 aliphatic rings. The third kappa shape index (κ3) is 4.19. The Morgan fingerprint density at radius 1 is 1.26 bits per heavy atom. The van der Waals surface area contributed by atoms with Crippen LogP contribution in [-0.2, 0) is 4.79 Å². The summed E-state index contributed by atoms with van der Waals surface area (Å²) in [7, 11) is 0. The van der Waals surface area contributed by atoms with Gasteiger partial charge in [0.15, 0.2) is 11.5 Å². The molecule has 0 aromatic heterocycles. The Balaban J connectivity index is 1.37. The lowest BCUT2D eigenvalue weighted by Gasteiger charge is -2.16. The highest BCUT2D eigenvalue weighted by Gasteiger charge is 2.17. The lowest BCUT2D eigenvalue weighted by Crippen LogP contribution is -2.31. The van der Waals surface area contributed by atoms with Crippen LogP contribution in [-0.4, -0.2) is 25.9 Å². The van der Waals surface area contributed by atoms with Crippen molar-refractivity contribution in [1.29, 1.82) is 0 Å². The van der Waals surface area contributed by atoms with Gasteiger partial charge < -0.3 is 19.5 Å². The van der Waals surface area contributed by atoms with Crippen molar-refractivity contribution in [2.24, 2.45) is 5.92 Å². The third-order valence-corrected chi connectivity index (χ3v) is 3.77. The van der Waals surface area contributed by atoms with Crippen molar-refractivity contribution < 1.29 is 19.0 Å². The van der Waals surface area contributed by atoms with Crippen molar-refractivity contribution in [2.75, 3.05) is 19.9 Å². The van der Waals surface area contributed by atoms with E-state index in [0.717, 1.165) is 25.0 Å². The number of hydrogen-bond acceptors (Lipinski definition) is 4. The van der Waals surface area contributed by atoms with Crippen LogP contribution in [0.2, 0.25) is 0 Å². The van der Waals surface area contributed by atoms with Crippen LogP contribution >= 0.6 is 0 Å². The van der Waals surface area contributed by atoms with E-state index >= 15 is 0 Å². The van der Waals surface area contributed by atoms with Gasteiger partial charge in [0.2, 0.25) is 12.7 Å². The van der Waals surface area contributed by atoms with Gasteiger partial charge in [-0.1, -0.05) is 24.0 Å². The molecule has 0 spiro atoms. The minimum absolute atomic E-state index is 0.0836. The highest BCUT2D eigenvalue weighted by atomic mass is 16.7. The molecule has 0 saturated heterocycles. The quantitative estimate of drug-likeness (QED) is 0.684. The first kappa shape index (κ1) is 15.3. The molecule has 0 radical (unpaired) electrons. The molecule has 0 saturated carbocycles. The number of rotatable bonds is 4. The van der Waals surface area contributed by atoms with Crippen molar-refractivity contribution in [2.45, 2.75) is 19.3 Å². The van der Waals surface area contributed by atoms with Crippen molar-refractivity contribution in [3.63, 3.8) is 0 Å². The normalized spacial score (nSPS) is 18.0. The van der Waals surface area contributed by atoms with Crippen LogP contribution in [0.1, 0.15) is 19.3 Å². The summed E-state index contributed by atoms with van der Waals surface area (Å²) in [6, 6.07) is 5.40. The number of allylic oxidation sites excluding steroid dienone is 2. The van der Waals surface area contributed by atoms with Crippen molar-refractivity contribution in [1.82, 2.24) is 5.32 Å². The monoisotopic (exact) mass is 313 g/mol. The van der Waals surface area contributed by atoms with E-state index in [1.54, 1.807) is 6.07 Å². The first-order chi connectivity index (χ1) is 11.3. The number of benzene rings is 1. The summed E-state index contributed by atoms with van der Waals surface area (Å²) in [4.78, 5) is 11.9. The predicted molar refractivity (Wildman–Crippen MR) is 85.3 cm³/mol. The maximum Gasteiger partial charge on any atom is 0.231 e. The van der Waals surface area contributed by atoms with Gasteiger partial charge in [-0.3, -0.25) is 4.79 Å². The summed E-state index contributed by atoms with van der Waals surface area (Å²) >= 11 is 0. The second kappa shape index (κ2) is 7.59. The fraction of sp³-hybridized carbons (Fsp3) is 0.389. The molecule has 1 aromatic carbocycles. The molecule has 23 heavy (non-hydrogen) atoms. The molecule has 0 bridgehead atoms. The summed E-state index contributed by atoms with van der Waals surface area (Å²) in [5.41, 5.74) is 0. The van der Waals surface area contributed by atoms with Crippen molar-refractivity contribution in [3.05, 3.63) is 30.4 Å². The van der Waals surface area contributed by atoms with Gasteiger partial charge in [0.25, 0.3) is 0 Å². The molecule has 120 valence electrons. The number of ether oxygens (including phenoxy) is 3. The Hall–Kier alpha value is -2.61. The highest BCUT2D eigenvalue weighted by molar-refractivity contribution is 5.79. The van der Waals surface area contributed by atoms with Crippen LogP contribution in [0.25, 0.3) is 0 Å². The summed E-state index contributed by atoms with van der Waals surface area (Å²) < 4.78 is 16.0. The fourth-order valence-corrected chi connectivity index (χ4v) is 2.51. The summed E-state index contributed by atoms with van der Waals surface area (Å²) in [5, 5.41) is 2.85. The molecule has 0 fully saturated rings. The predicted octanol–water partition coefficient (Wildman–Crippen LogP) is 2.27. The molecular weight excluding hydrogens is 294 g/mol. The third-order valence-electron chi connectivity index (χ3n) is 3.77. The SMILES string of the molecule is O=C(NCC#CCOc1ccc2c(c1)OCO2)[C@@H]1CC=CCC1. The lowest BCUT2D eigenvalue weighted by molar-refractivity contribution is -0.124. The molecular formula is C18H19NO4. The smallest absolute Gasteiger partial charge is 0.231 e. The van der Waals surface area contributed by atoms with Gasteiger partial charge in [-0.15, -0.1) is 0 Å².